The molecule has 0 saturated carbocycles. The minimum absolute atomic E-state index is 0.0902. The van der Waals surface area contributed by atoms with Gasteiger partial charge in [0, 0.05) is 25.0 Å². The lowest BCUT2D eigenvalue weighted by molar-refractivity contribution is 0.288. The summed E-state index contributed by atoms with van der Waals surface area (Å²) in [5.41, 5.74) is 0. The van der Waals surface area contributed by atoms with Crippen LogP contribution in [0.15, 0.2) is 30.6 Å². The number of halogens is 2. The summed E-state index contributed by atoms with van der Waals surface area (Å²) in [5, 5.41) is 0.0902. The van der Waals surface area contributed by atoms with E-state index in [-0.39, 0.29) is 5.02 Å². The van der Waals surface area contributed by atoms with E-state index in [0.717, 1.165) is 12.4 Å². The minimum atomic E-state index is -0.483. The van der Waals surface area contributed by atoms with Gasteiger partial charge in [0.25, 0.3) is 0 Å². The summed E-state index contributed by atoms with van der Waals surface area (Å²) in [6.07, 6.45) is 3.59. The SMILES string of the molecule is CCn1ccnc1COc1ccc(Cl)c(F)c1. The first-order chi connectivity index (χ1) is 8.20. The standard InChI is InChI=1S/C12H12ClFN2O/c1-2-16-6-5-15-12(16)8-17-9-3-4-10(13)11(14)7-9/h3-7H,2,8H2,1H3. The van der Waals surface area contributed by atoms with E-state index in [1.54, 1.807) is 12.3 Å². The van der Waals surface area contributed by atoms with Crippen molar-refractivity contribution in [3.05, 3.63) is 47.3 Å². The molecule has 0 unspecified atom stereocenters. The van der Waals surface area contributed by atoms with Crippen LogP contribution in [-0.2, 0) is 13.2 Å². The first kappa shape index (κ1) is 11.9. The lowest BCUT2D eigenvalue weighted by Crippen LogP contribution is -2.05. The number of hydrogen-bond acceptors (Lipinski definition) is 2. The molecule has 90 valence electrons. The van der Waals surface area contributed by atoms with Gasteiger partial charge in [-0.25, -0.2) is 9.37 Å². The van der Waals surface area contributed by atoms with Crippen LogP contribution in [0.2, 0.25) is 5.02 Å². The number of hydrogen-bond donors (Lipinski definition) is 0. The van der Waals surface area contributed by atoms with Gasteiger partial charge in [0.05, 0.1) is 5.02 Å². The number of rotatable bonds is 4. The van der Waals surface area contributed by atoms with Crippen molar-refractivity contribution < 1.29 is 9.13 Å². The predicted octanol–water partition coefficient (Wildman–Crippen LogP) is 3.27. The second-order valence-corrected chi connectivity index (χ2v) is 3.90. The van der Waals surface area contributed by atoms with Crippen molar-refractivity contribution in [3.63, 3.8) is 0 Å². The molecule has 0 fully saturated rings. The quantitative estimate of drug-likeness (QED) is 0.837. The molecule has 17 heavy (non-hydrogen) atoms. The summed E-state index contributed by atoms with van der Waals surface area (Å²) >= 11 is 5.58. The maximum atomic E-state index is 13.2. The van der Waals surface area contributed by atoms with Crippen LogP contribution in [0.3, 0.4) is 0 Å². The molecule has 0 radical (unpaired) electrons. The van der Waals surface area contributed by atoms with Gasteiger partial charge in [0.2, 0.25) is 0 Å². The molecule has 1 aromatic carbocycles. The fraction of sp³-hybridized carbons (Fsp3) is 0.250. The fourth-order valence-corrected chi connectivity index (χ4v) is 1.60. The average Bonchev–Trinajstić information content (AvgIpc) is 2.78. The third-order valence-electron chi connectivity index (χ3n) is 2.40. The topological polar surface area (TPSA) is 27.1 Å². The molecule has 0 bridgehead atoms. The fourth-order valence-electron chi connectivity index (χ4n) is 1.48. The van der Waals surface area contributed by atoms with Crippen LogP contribution in [-0.4, -0.2) is 9.55 Å². The van der Waals surface area contributed by atoms with E-state index in [2.05, 4.69) is 4.98 Å². The average molecular weight is 255 g/mol. The van der Waals surface area contributed by atoms with Gasteiger partial charge < -0.3 is 9.30 Å². The number of benzene rings is 1. The highest BCUT2D eigenvalue weighted by Crippen LogP contribution is 2.20. The van der Waals surface area contributed by atoms with E-state index >= 15 is 0 Å². The summed E-state index contributed by atoms with van der Waals surface area (Å²) in [4.78, 5) is 4.16. The van der Waals surface area contributed by atoms with Crippen molar-refractivity contribution in [2.24, 2.45) is 0 Å². The molecule has 5 heteroatoms. The molecule has 3 nitrogen and oxygen atoms in total. The van der Waals surface area contributed by atoms with Crippen LogP contribution in [0.1, 0.15) is 12.7 Å². The first-order valence-corrected chi connectivity index (χ1v) is 5.66. The van der Waals surface area contributed by atoms with Crippen LogP contribution < -0.4 is 4.74 Å². The summed E-state index contributed by atoms with van der Waals surface area (Å²) in [5.74, 6) is 0.767. The molecule has 0 aliphatic rings. The number of imidazole rings is 1. The van der Waals surface area contributed by atoms with Crippen molar-refractivity contribution in [3.8, 4) is 5.75 Å². The van der Waals surface area contributed by atoms with Crippen molar-refractivity contribution in [2.45, 2.75) is 20.1 Å². The Morgan fingerprint density at radius 1 is 1.47 bits per heavy atom. The molecule has 0 atom stereocenters. The van der Waals surface area contributed by atoms with Crippen molar-refractivity contribution in [1.82, 2.24) is 9.55 Å². The lowest BCUT2D eigenvalue weighted by atomic mass is 10.3. The Morgan fingerprint density at radius 2 is 2.29 bits per heavy atom. The highest BCUT2D eigenvalue weighted by atomic mass is 35.5. The van der Waals surface area contributed by atoms with Crippen LogP contribution in [0.25, 0.3) is 0 Å². The second kappa shape index (κ2) is 5.19. The second-order valence-electron chi connectivity index (χ2n) is 3.49. The van der Waals surface area contributed by atoms with Gasteiger partial charge in [-0.15, -0.1) is 0 Å². The molecular weight excluding hydrogens is 243 g/mol. The van der Waals surface area contributed by atoms with Gasteiger partial charge in [-0.2, -0.15) is 0 Å². The summed E-state index contributed by atoms with van der Waals surface area (Å²) < 4.78 is 20.6. The van der Waals surface area contributed by atoms with Crippen LogP contribution in [0, 0.1) is 5.82 Å². The van der Waals surface area contributed by atoms with E-state index in [4.69, 9.17) is 16.3 Å². The Bertz CT molecular complexity index is 513. The highest BCUT2D eigenvalue weighted by Gasteiger charge is 2.04. The maximum Gasteiger partial charge on any atom is 0.146 e. The number of aryl methyl sites for hydroxylation is 1. The van der Waals surface area contributed by atoms with Crippen molar-refractivity contribution in [2.75, 3.05) is 0 Å². The van der Waals surface area contributed by atoms with Crippen LogP contribution in [0.5, 0.6) is 5.75 Å². The molecule has 0 N–H and O–H groups in total. The monoisotopic (exact) mass is 254 g/mol. The predicted molar refractivity (Wildman–Crippen MR) is 63.6 cm³/mol. The van der Waals surface area contributed by atoms with E-state index in [9.17, 15) is 4.39 Å². The number of nitrogens with zero attached hydrogens (tertiary/aromatic N) is 2. The van der Waals surface area contributed by atoms with Crippen LogP contribution in [0.4, 0.5) is 4.39 Å². The van der Waals surface area contributed by atoms with Gasteiger partial charge in [0.1, 0.15) is 24.0 Å². The largest absolute Gasteiger partial charge is 0.486 e. The normalized spacial score (nSPS) is 10.5. The zero-order chi connectivity index (χ0) is 12.3. The Labute approximate surface area is 104 Å². The third-order valence-corrected chi connectivity index (χ3v) is 2.71. The summed E-state index contributed by atoms with van der Waals surface area (Å²) in [7, 11) is 0. The molecule has 1 aromatic heterocycles. The third kappa shape index (κ3) is 2.77. The molecule has 0 aliphatic carbocycles. The molecule has 1 heterocycles. The number of ether oxygens (including phenoxy) is 1. The van der Waals surface area contributed by atoms with Gasteiger partial charge in [-0.05, 0) is 19.1 Å². The zero-order valence-electron chi connectivity index (χ0n) is 9.36. The Balaban J connectivity index is 2.05. The Morgan fingerprint density at radius 3 is 3.00 bits per heavy atom. The van der Waals surface area contributed by atoms with E-state index in [1.807, 2.05) is 17.7 Å². The van der Waals surface area contributed by atoms with Crippen LogP contribution >= 0.6 is 11.6 Å². The molecule has 0 aliphatic heterocycles. The molecule has 2 aromatic rings. The highest BCUT2D eigenvalue weighted by molar-refractivity contribution is 6.30. The van der Waals surface area contributed by atoms with Crippen molar-refractivity contribution in [1.29, 1.82) is 0 Å². The van der Waals surface area contributed by atoms with Gasteiger partial charge in [0.15, 0.2) is 0 Å². The summed E-state index contributed by atoms with van der Waals surface area (Å²) in [6.45, 7) is 3.16. The molecule has 2 rings (SSSR count). The maximum absolute atomic E-state index is 13.2. The zero-order valence-corrected chi connectivity index (χ0v) is 10.1. The Hall–Kier alpha value is -1.55. The van der Waals surface area contributed by atoms with E-state index < -0.39 is 5.82 Å². The van der Waals surface area contributed by atoms with Gasteiger partial charge >= 0.3 is 0 Å². The van der Waals surface area contributed by atoms with Gasteiger partial charge in [-0.3, -0.25) is 0 Å². The molecular formula is C12H12ClFN2O. The smallest absolute Gasteiger partial charge is 0.146 e. The number of aromatic nitrogens is 2. The summed E-state index contributed by atoms with van der Waals surface area (Å²) in [6, 6.07) is 4.37. The van der Waals surface area contributed by atoms with Crippen molar-refractivity contribution >= 4 is 11.6 Å². The first-order valence-electron chi connectivity index (χ1n) is 5.28. The van der Waals surface area contributed by atoms with Gasteiger partial charge in [-0.1, -0.05) is 11.6 Å². The lowest BCUT2D eigenvalue weighted by Gasteiger charge is -2.07. The molecule has 0 amide bonds. The van der Waals surface area contributed by atoms with E-state index in [1.165, 1.54) is 12.1 Å². The van der Waals surface area contributed by atoms with E-state index in [0.29, 0.717) is 12.4 Å². The molecule has 0 spiro atoms. The Kier molecular flexibility index (Phi) is 3.64. The minimum Gasteiger partial charge on any atom is -0.486 e. The molecule has 0 saturated heterocycles.